The quantitative estimate of drug-likeness (QED) is 0.719. The van der Waals surface area contributed by atoms with Gasteiger partial charge < -0.3 is 0 Å². The Balaban J connectivity index is 1.68. The van der Waals surface area contributed by atoms with Crippen LogP contribution < -0.4 is 0 Å². The molecule has 3 heterocycles. The maximum atomic E-state index is 14.0. The fourth-order valence-corrected chi connectivity index (χ4v) is 3.89. The van der Waals surface area contributed by atoms with Crippen molar-refractivity contribution in [3.63, 3.8) is 0 Å². The van der Waals surface area contributed by atoms with Crippen LogP contribution in [0, 0.1) is 5.92 Å². The number of aliphatic imine (C=N–C) groups is 1. The van der Waals surface area contributed by atoms with E-state index >= 15 is 0 Å². The predicted octanol–water partition coefficient (Wildman–Crippen LogP) is 4.60. The van der Waals surface area contributed by atoms with Gasteiger partial charge in [0.05, 0.1) is 11.1 Å². The van der Waals surface area contributed by atoms with Gasteiger partial charge in [0.15, 0.2) is 5.65 Å². The van der Waals surface area contributed by atoms with Crippen molar-refractivity contribution in [1.82, 2.24) is 14.6 Å². The number of halogens is 4. The predicted molar refractivity (Wildman–Crippen MR) is 96.7 cm³/mol. The lowest BCUT2D eigenvalue weighted by atomic mass is 9.91. The van der Waals surface area contributed by atoms with Crippen molar-refractivity contribution in [1.29, 1.82) is 0 Å². The summed E-state index contributed by atoms with van der Waals surface area (Å²) < 4.78 is 43.4. The Kier molecular flexibility index (Phi) is 3.59. The second-order valence-electron chi connectivity index (χ2n) is 7.01. The largest absolute Gasteiger partial charge is 0.420 e. The minimum atomic E-state index is -4.57. The molecule has 1 atom stereocenters. The summed E-state index contributed by atoms with van der Waals surface area (Å²) >= 11 is 6.31. The van der Waals surface area contributed by atoms with Gasteiger partial charge in [-0.2, -0.15) is 13.2 Å². The summed E-state index contributed by atoms with van der Waals surface area (Å²) in [7, 11) is 0. The lowest BCUT2D eigenvalue weighted by Crippen LogP contribution is -2.18. The number of rotatable bonds is 3. The molecule has 0 radical (unpaired) electrons. The molecule has 0 saturated heterocycles. The molecule has 0 bridgehead atoms. The number of hydrogen-bond acceptors (Lipinski definition) is 3. The summed E-state index contributed by atoms with van der Waals surface area (Å²) in [5, 5.41) is 7.33. The Morgan fingerprint density at radius 1 is 1.19 bits per heavy atom. The number of nitrogens with zero attached hydrogens (tertiary/aromatic N) is 4. The molecule has 2 aromatic rings. The zero-order chi connectivity index (χ0) is 18.8. The fourth-order valence-electron chi connectivity index (χ4n) is 3.57. The first-order valence-corrected chi connectivity index (χ1v) is 9.12. The summed E-state index contributed by atoms with van der Waals surface area (Å²) in [6.45, 7) is 0. The summed E-state index contributed by atoms with van der Waals surface area (Å²) in [5.41, 5.74) is 0.909. The van der Waals surface area contributed by atoms with Crippen LogP contribution in [0.3, 0.4) is 0 Å². The minimum absolute atomic E-state index is 0.0536. The Labute approximate surface area is 157 Å². The molecular weight excluding hydrogens is 377 g/mol. The molecule has 8 heteroatoms. The smallest absolute Gasteiger partial charge is 0.286 e. The maximum Gasteiger partial charge on any atom is 0.420 e. The lowest BCUT2D eigenvalue weighted by Gasteiger charge is -2.19. The molecule has 138 valence electrons. The van der Waals surface area contributed by atoms with Gasteiger partial charge in [0.25, 0.3) is 0 Å². The molecule has 2 aromatic heterocycles. The van der Waals surface area contributed by atoms with Crippen LogP contribution in [0.25, 0.3) is 11.2 Å². The normalized spacial score (nSPS) is 21.9. The van der Waals surface area contributed by atoms with E-state index in [2.05, 4.69) is 15.2 Å². The molecule has 1 unspecified atom stereocenters. The fraction of sp³-hybridized carbons (Fsp3) is 0.316. The van der Waals surface area contributed by atoms with E-state index in [1.165, 1.54) is 10.5 Å². The molecule has 5 rings (SSSR count). The molecule has 27 heavy (non-hydrogen) atoms. The summed E-state index contributed by atoms with van der Waals surface area (Å²) in [5.74, 6) is 1.07. The van der Waals surface area contributed by atoms with Crippen molar-refractivity contribution in [2.75, 3.05) is 0 Å². The van der Waals surface area contributed by atoms with Gasteiger partial charge >= 0.3 is 6.18 Å². The number of hydrogen-bond donors (Lipinski definition) is 0. The second-order valence-corrected chi connectivity index (χ2v) is 7.48. The van der Waals surface area contributed by atoms with Crippen LogP contribution in [0.2, 0.25) is 0 Å². The lowest BCUT2D eigenvalue weighted by molar-refractivity contribution is -0.136. The van der Waals surface area contributed by atoms with E-state index in [0.29, 0.717) is 29.4 Å². The highest BCUT2D eigenvalue weighted by Crippen LogP contribution is 2.40. The Morgan fingerprint density at radius 2 is 2.00 bits per heavy atom. The summed E-state index contributed by atoms with van der Waals surface area (Å²) in [4.78, 5) is 4.17. The average molecular weight is 391 g/mol. The number of pyridine rings is 1. The first kappa shape index (κ1) is 16.7. The van der Waals surface area contributed by atoms with E-state index < -0.39 is 17.1 Å². The van der Waals surface area contributed by atoms with Crippen LogP contribution in [0.1, 0.15) is 29.8 Å². The Morgan fingerprint density at radius 3 is 2.74 bits per heavy atom. The first-order chi connectivity index (χ1) is 12.9. The number of aromatic nitrogens is 3. The van der Waals surface area contributed by atoms with E-state index in [1.807, 2.05) is 0 Å². The van der Waals surface area contributed by atoms with Crippen LogP contribution >= 0.6 is 11.6 Å². The van der Waals surface area contributed by atoms with Gasteiger partial charge in [-0.15, -0.1) is 21.8 Å². The van der Waals surface area contributed by atoms with Crippen LogP contribution in [0.4, 0.5) is 13.2 Å². The van der Waals surface area contributed by atoms with Gasteiger partial charge in [-0.3, -0.25) is 9.39 Å². The third kappa shape index (κ3) is 2.81. The number of allylic oxidation sites excluding steroid dienone is 5. The third-order valence-electron chi connectivity index (χ3n) is 5.07. The van der Waals surface area contributed by atoms with Gasteiger partial charge in [0, 0.05) is 18.8 Å². The number of fused-ring (bicyclic) bond motifs is 2. The van der Waals surface area contributed by atoms with Crippen molar-refractivity contribution >= 4 is 28.5 Å². The van der Waals surface area contributed by atoms with E-state index in [4.69, 9.17) is 11.6 Å². The molecule has 1 saturated carbocycles. The molecule has 2 aliphatic carbocycles. The van der Waals surface area contributed by atoms with Gasteiger partial charge in [-0.05, 0) is 53.7 Å². The Bertz CT molecular complexity index is 1070. The van der Waals surface area contributed by atoms with E-state index in [1.54, 1.807) is 30.6 Å². The molecule has 1 fully saturated rings. The highest BCUT2D eigenvalue weighted by Gasteiger charge is 2.39. The van der Waals surface area contributed by atoms with Crippen LogP contribution in [0.15, 0.2) is 47.3 Å². The van der Waals surface area contributed by atoms with Crippen molar-refractivity contribution in [3.05, 3.63) is 59.2 Å². The molecule has 3 aliphatic rings. The van der Waals surface area contributed by atoms with Gasteiger partial charge in [0.2, 0.25) is 0 Å². The van der Waals surface area contributed by atoms with Gasteiger partial charge in [-0.1, -0.05) is 6.08 Å². The standard InChI is InChI=1S/C19H14ClF3N4/c20-14-9-12(8-11-3-5-24-17(11)14)13-4-6-27-15(7-10-1-2-10)25-26-18(27)16(13)19(21,22)23/h3-6,8-10,14H,1-2,7H2. The van der Waals surface area contributed by atoms with Crippen molar-refractivity contribution < 1.29 is 13.2 Å². The van der Waals surface area contributed by atoms with Crippen LogP contribution in [-0.2, 0) is 12.6 Å². The average Bonchev–Trinajstić information content (AvgIpc) is 3.13. The van der Waals surface area contributed by atoms with E-state index in [9.17, 15) is 13.2 Å². The van der Waals surface area contributed by atoms with Crippen LogP contribution in [0.5, 0.6) is 0 Å². The molecule has 0 N–H and O–H groups in total. The first-order valence-electron chi connectivity index (χ1n) is 8.68. The molecule has 1 aliphatic heterocycles. The summed E-state index contributed by atoms with van der Waals surface area (Å²) in [6.07, 6.45) is 6.51. The topological polar surface area (TPSA) is 42.5 Å². The molecule has 0 spiro atoms. The highest BCUT2D eigenvalue weighted by molar-refractivity contribution is 6.38. The van der Waals surface area contributed by atoms with E-state index in [0.717, 1.165) is 18.4 Å². The zero-order valence-corrected chi connectivity index (χ0v) is 14.8. The molecule has 0 amide bonds. The van der Waals surface area contributed by atoms with Gasteiger partial charge in [0.1, 0.15) is 11.4 Å². The highest BCUT2D eigenvalue weighted by atomic mass is 35.5. The van der Waals surface area contributed by atoms with Crippen molar-refractivity contribution in [3.8, 4) is 0 Å². The zero-order valence-electron chi connectivity index (χ0n) is 14.0. The monoisotopic (exact) mass is 390 g/mol. The SMILES string of the molecule is FC(F)(F)c1c(C2=CC(Cl)C3=NC=CC3=C2)ccn2c(CC3CC3)nnc12. The molecule has 0 aromatic carbocycles. The summed E-state index contributed by atoms with van der Waals surface area (Å²) in [6, 6.07) is 1.48. The van der Waals surface area contributed by atoms with Crippen LogP contribution in [-0.4, -0.2) is 25.7 Å². The van der Waals surface area contributed by atoms with Crippen molar-refractivity contribution in [2.45, 2.75) is 30.8 Å². The second kappa shape index (κ2) is 5.79. The maximum absolute atomic E-state index is 14.0. The third-order valence-corrected chi connectivity index (χ3v) is 5.41. The van der Waals surface area contributed by atoms with E-state index in [-0.39, 0.29) is 11.2 Å². The number of alkyl halides is 4. The Hall–Kier alpha value is -2.41. The minimum Gasteiger partial charge on any atom is -0.286 e. The van der Waals surface area contributed by atoms with Gasteiger partial charge in [-0.25, -0.2) is 0 Å². The molecular formula is C19H14ClF3N4. The van der Waals surface area contributed by atoms with Crippen molar-refractivity contribution in [2.24, 2.45) is 10.9 Å². The molecule has 4 nitrogen and oxygen atoms in total.